The van der Waals surface area contributed by atoms with E-state index < -0.39 is 0 Å². The fourth-order valence-electron chi connectivity index (χ4n) is 1.57. The summed E-state index contributed by atoms with van der Waals surface area (Å²) in [6, 6.07) is 6.26. The van der Waals surface area contributed by atoms with E-state index in [4.69, 9.17) is 4.74 Å². The molecule has 0 amide bonds. The Morgan fingerprint density at radius 3 is 2.47 bits per heavy atom. The second-order valence-corrected chi connectivity index (χ2v) is 4.00. The van der Waals surface area contributed by atoms with Crippen molar-refractivity contribution in [2.45, 2.75) is 25.7 Å². The van der Waals surface area contributed by atoms with Crippen molar-refractivity contribution in [3.05, 3.63) is 48.9 Å². The van der Waals surface area contributed by atoms with E-state index in [0.717, 1.165) is 11.3 Å². The highest BCUT2D eigenvalue weighted by molar-refractivity contribution is 5.41. The zero-order valence-electron chi connectivity index (χ0n) is 9.79. The highest BCUT2D eigenvalue weighted by Crippen LogP contribution is 2.29. The molecule has 0 N–H and O–H groups in total. The third-order valence-electron chi connectivity index (χ3n) is 2.59. The Morgan fingerprint density at radius 1 is 1.33 bits per heavy atom. The second kappa shape index (κ2) is 5.01. The summed E-state index contributed by atoms with van der Waals surface area (Å²) in [4.78, 5) is 0. The summed E-state index contributed by atoms with van der Waals surface area (Å²) in [5, 5.41) is 0. The molecule has 0 aliphatic carbocycles. The lowest BCUT2D eigenvalue weighted by Gasteiger charge is -2.15. The highest BCUT2D eigenvalue weighted by atomic mass is 16.5. The van der Waals surface area contributed by atoms with Crippen molar-refractivity contribution in [2.24, 2.45) is 0 Å². The van der Waals surface area contributed by atoms with Crippen molar-refractivity contribution in [2.75, 3.05) is 7.11 Å². The number of hydrogen-bond acceptors (Lipinski definition) is 1. The van der Waals surface area contributed by atoms with Crippen molar-refractivity contribution < 1.29 is 4.74 Å². The lowest BCUT2D eigenvalue weighted by molar-refractivity contribution is 0.407. The first-order valence-electron chi connectivity index (χ1n) is 5.23. The molecule has 1 rings (SSSR count). The molecular formula is C14H19O. The summed E-state index contributed by atoms with van der Waals surface area (Å²) in [6.07, 6.45) is 1.84. The molecule has 0 fully saturated rings. The van der Waals surface area contributed by atoms with Crippen LogP contribution in [0.15, 0.2) is 30.9 Å². The summed E-state index contributed by atoms with van der Waals surface area (Å²) in [5.41, 5.74) is 2.38. The van der Waals surface area contributed by atoms with E-state index >= 15 is 0 Å². The highest BCUT2D eigenvalue weighted by Gasteiger charge is 2.09. The van der Waals surface area contributed by atoms with Gasteiger partial charge in [0.1, 0.15) is 5.75 Å². The summed E-state index contributed by atoms with van der Waals surface area (Å²) in [7, 11) is 1.71. The predicted molar refractivity (Wildman–Crippen MR) is 65.4 cm³/mol. The number of rotatable bonds is 4. The first-order chi connectivity index (χ1) is 7.10. The van der Waals surface area contributed by atoms with E-state index in [0.29, 0.717) is 5.92 Å². The van der Waals surface area contributed by atoms with Crippen molar-refractivity contribution in [1.29, 1.82) is 0 Å². The normalized spacial score (nSPS) is 12.6. The minimum absolute atomic E-state index is 0.125. The Morgan fingerprint density at radius 2 is 2.00 bits per heavy atom. The second-order valence-electron chi connectivity index (χ2n) is 4.00. The largest absolute Gasteiger partial charge is 0.496 e. The Bertz CT molecular complexity index is 339. The molecule has 0 saturated carbocycles. The van der Waals surface area contributed by atoms with E-state index in [-0.39, 0.29) is 5.92 Å². The van der Waals surface area contributed by atoms with Crippen LogP contribution in [0.2, 0.25) is 0 Å². The first kappa shape index (κ1) is 11.8. The van der Waals surface area contributed by atoms with Crippen molar-refractivity contribution in [3.63, 3.8) is 0 Å². The number of benzene rings is 1. The van der Waals surface area contributed by atoms with Gasteiger partial charge in [0.25, 0.3) is 0 Å². The van der Waals surface area contributed by atoms with Crippen LogP contribution in [0, 0.1) is 6.92 Å². The van der Waals surface area contributed by atoms with Crippen LogP contribution < -0.4 is 4.74 Å². The summed E-state index contributed by atoms with van der Waals surface area (Å²) < 4.78 is 5.38. The molecule has 0 heterocycles. The van der Waals surface area contributed by atoms with Gasteiger partial charge in [0, 0.05) is 5.92 Å². The number of hydrogen-bond donors (Lipinski definition) is 0. The van der Waals surface area contributed by atoms with Gasteiger partial charge in [0.2, 0.25) is 0 Å². The first-order valence-corrected chi connectivity index (χ1v) is 5.23. The third-order valence-corrected chi connectivity index (χ3v) is 2.59. The summed E-state index contributed by atoms with van der Waals surface area (Å²) in [5.74, 6) is 1.54. The SMILES string of the molecule is [CH2]C(C=C)c1ccc(C(C)C)c(OC)c1. The van der Waals surface area contributed by atoms with Crippen molar-refractivity contribution >= 4 is 0 Å². The minimum Gasteiger partial charge on any atom is -0.496 e. The molecule has 0 aliphatic rings. The molecule has 0 aromatic heterocycles. The summed E-state index contributed by atoms with van der Waals surface area (Å²) in [6.45, 7) is 12.1. The Hall–Kier alpha value is -1.24. The van der Waals surface area contributed by atoms with Crippen LogP contribution in [-0.4, -0.2) is 7.11 Å². The maximum Gasteiger partial charge on any atom is 0.122 e. The Kier molecular flexibility index (Phi) is 3.96. The standard InChI is InChI=1S/C14H19O/c1-6-11(4)12-7-8-13(10(2)3)14(9-12)15-5/h6-11H,1,4H2,2-3,5H3. The van der Waals surface area contributed by atoms with E-state index in [2.05, 4.69) is 45.5 Å². The number of allylic oxidation sites excluding steroid dienone is 1. The Balaban J connectivity index is 3.12. The molecule has 1 radical (unpaired) electrons. The molecule has 1 heteroatoms. The molecule has 0 aliphatic heterocycles. The molecule has 1 aromatic rings. The molecule has 1 unspecified atom stereocenters. The molecular weight excluding hydrogens is 184 g/mol. The fraction of sp³-hybridized carbons (Fsp3) is 0.357. The average Bonchev–Trinajstić information content (AvgIpc) is 2.26. The molecule has 1 aromatic carbocycles. The predicted octanol–water partition coefficient (Wildman–Crippen LogP) is 3.92. The molecule has 0 bridgehead atoms. The topological polar surface area (TPSA) is 9.23 Å². The van der Waals surface area contributed by atoms with Gasteiger partial charge in [-0.1, -0.05) is 32.1 Å². The molecule has 0 spiro atoms. The van der Waals surface area contributed by atoms with Gasteiger partial charge in [0.05, 0.1) is 7.11 Å². The van der Waals surface area contributed by atoms with Crippen LogP contribution in [0.1, 0.15) is 36.8 Å². The van der Waals surface area contributed by atoms with Crippen LogP contribution in [0.4, 0.5) is 0 Å². The van der Waals surface area contributed by atoms with Crippen LogP contribution in [0.25, 0.3) is 0 Å². The number of methoxy groups -OCH3 is 1. The molecule has 1 nitrogen and oxygen atoms in total. The van der Waals surface area contributed by atoms with Gasteiger partial charge in [-0.25, -0.2) is 0 Å². The van der Waals surface area contributed by atoms with Gasteiger partial charge in [-0.2, -0.15) is 0 Å². The van der Waals surface area contributed by atoms with Crippen LogP contribution >= 0.6 is 0 Å². The van der Waals surface area contributed by atoms with Crippen LogP contribution in [0.3, 0.4) is 0 Å². The van der Waals surface area contributed by atoms with Crippen molar-refractivity contribution in [1.82, 2.24) is 0 Å². The lowest BCUT2D eigenvalue weighted by atomic mass is 9.95. The van der Waals surface area contributed by atoms with E-state index in [1.54, 1.807) is 7.11 Å². The molecule has 81 valence electrons. The molecule has 1 atom stereocenters. The third kappa shape index (κ3) is 2.62. The van der Waals surface area contributed by atoms with Gasteiger partial charge in [-0.05, 0) is 30.0 Å². The Labute approximate surface area is 92.8 Å². The monoisotopic (exact) mass is 203 g/mol. The van der Waals surface area contributed by atoms with E-state index in [1.165, 1.54) is 5.56 Å². The maximum absolute atomic E-state index is 5.38. The lowest BCUT2D eigenvalue weighted by Crippen LogP contribution is -1.97. The van der Waals surface area contributed by atoms with Crippen LogP contribution in [0.5, 0.6) is 5.75 Å². The summed E-state index contributed by atoms with van der Waals surface area (Å²) >= 11 is 0. The molecule has 0 saturated heterocycles. The maximum atomic E-state index is 5.38. The van der Waals surface area contributed by atoms with E-state index in [9.17, 15) is 0 Å². The van der Waals surface area contributed by atoms with E-state index in [1.807, 2.05) is 6.08 Å². The van der Waals surface area contributed by atoms with Gasteiger partial charge >= 0.3 is 0 Å². The fourth-order valence-corrected chi connectivity index (χ4v) is 1.57. The molecule has 15 heavy (non-hydrogen) atoms. The number of ether oxygens (including phenoxy) is 1. The minimum atomic E-state index is 0.125. The van der Waals surface area contributed by atoms with Gasteiger partial charge in [0.15, 0.2) is 0 Å². The van der Waals surface area contributed by atoms with Gasteiger partial charge < -0.3 is 4.74 Å². The van der Waals surface area contributed by atoms with Gasteiger partial charge in [-0.3, -0.25) is 0 Å². The smallest absolute Gasteiger partial charge is 0.122 e. The quantitative estimate of drug-likeness (QED) is 0.674. The zero-order chi connectivity index (χ0) is 11.4. The average molecular weight is 203 g/mol. The van der Waals surface area contributed by atoms with Gasteiger partial charge in [-0.15, -0.1) is 6.58 Å². The van der Waals surface area contributed by atoms with Crippen molar-refractivity contribution in [3.8, 4) is 5.75 Å². The zero-order valence-corrected chi connectivity index (χ0v) is 9.79. The van der Waals surface area contributed by atoms with Crippen LogP contribution in [-0.2, 0) is 0 Å².